The summed E-state index contributed by atoms with van der Waals surface area (Å²) in [6.45, 7) is 2.25. The molecule has 1 amide bonds. The molecule has 2 nitrogen and oxygen atoms in total. The minimum atomic E-state index is 0.408. The lowest BCUT2D eigenvalue weighted by Crippen LogP contribution is -2.44. The van der Waals surface area contributed by atoms with Crippen molar-refractivity contribution in [3.8, 4) is 0 Å². The van der Waals surface area contributed by atoms with E-state index in [4.69, 9.17) is 0 Å². The molecular weight excluding hydrogens is 234 g/mol. The van der Waals surface area contributed by atoms with E-state index in [9.17, 15) is 4.79 Å². The maximum Gasteiger partial charge on any atom is 0.223 e. The van der Waals surface area contributed by atoms with Crippen molar-refractivity contribution in [1.82, 2.24) is 4.90 Å². The van der Waals surface area contributed by atoms with E-state index in [0.29, 0.717) is 18.0 Å². The van der Waals surface area contributed by atoms with Crippen molar-refractivity contribution in [2.45, 2.75) is 89.6 Å². The summed E-state index contributed by atoms with van der Waals surface area (Å²) in [6, 6.07) is 1.07. The van der Waals surface area contributed by atoms with E-state index in [1.807, 2.05) is 0 Å². The molecule has 0 bridgehead atoms. The highest BCUT2D eigenvalue weighted by atomic mass is 16.2. The Morgan fingerprint density at radius 3 is 2.89 bits per heavy atom. The van der Waals surface area contributed by atoms with Crippen molar-refractivity contribution in [1.29, 1.82) is 0 Å². The molecule has 0 aliphatic carbocycles. The maximum atomic E-state index is 11.9. The summed E-state index contributed by atoms with van der Waals surface area (Å²) in [4.78, 5) is 14.1. The number of rotatable bonds is 7. The second-order valence-electron chi connectivity index (χ2n) is 6.13. The van der Waals surface area contributed by atoms with Gasteiger partial charge in [0.25, 0.3) is 0 Å². The topological polar surface area (TPSA) is 20.3 Å². The fraction of sp³-hybridized carbons (Fsp3) is 0.824. The molecule has 2 heteroatoms. The molecule has 2 atom stereocenters. The lowest BCUT2D eigenvalue weighted by atomic mass is 9.94. The smallest absolute Gasteiger partial charge is 0.223 e. The van der Waals surface area contributed by atoms with E-state index >= 15 is 0 Å². The van der Waals surface area contributed by atoms with Gasteiger partial charge >= 0.3 is 0 Å². The van der Waals surface area contributed by atoms with Crippen molar-refractivity contribution < 1.29 is 4.79 Å². The highest BCUT2D eigenvalue weighted by Gasteiger charge is 2.37. The van der Waals surface area contributed by atoms with Gasteiger partial charge in [-0.2, -0.15) is 0 Å². The van der Waals surface area contributed by atoms with Crippen LogP contribution in [0.3, 0.4) is 0 Å². The zero-order valence-electron chi connectivity index (χ0n) is 12.4. The lowest BCUT2D eigenvalue weighted by Gasteiger charge is -2.37. The SMILES string of the molecule is CCCCCC/C=C\CC1CCCC2CCC(=O)N12. The van der Waals surface area contributed by atoms with Crippen LogP contribution >= 0.6 is 0 Å². The van der Waals surface area contributed by atoms with Gasteiger partial charge in [0.15, 0.2) is 0 Å². The Bertz CT molecular complexity index is 310. The lowest BCUT2D eigenvalue weighted by molar-refractivity contribution is -0.132. The fourth-order valence-electron chi connectivity index (χ4n) is 3.57. The van der Waals surface area contributed by atoms with E-state index in [0.717, 1.165) is 19.3 Å². The van der Waals surface area contributed by atoms with Crippen LogP contribution in [0.5, 0.6) is 0 Å². The Kier molecular flexibility index (Phi) is 5.93. The van der Waals surface area contributed by atoms with Gasteiger partial charge in [-0.3, -0.25) is 4.79 Å². The van der Waals surface area contributed by atoms with Crippen LogP contribution < -0.4 is 0 Å². The van der Waals surface area contributed by atoms with Crippen LogP contribution in [-0.2, 0) is 4.79 Å². The number of piperidine rings is 1. The van der Waals surface area contributed by atoms with Gasteiger partial charge in [-0.25, -0.2) is 0 Å². The molecule has 0 aromatic carbocycles. The largest absolute Gasteiger partial charge is 0.336 e. The van der Waals surface area contributed by atoms with Crippen LogP contribution in [0, 0.1) is 0 Å². The zero-order valence-corrected chi connectivity index (χ0v) is 12.4. The van der Waals surface area contributed by atoms with Crippen molar-refractivity contribution in [3.63, 3.8) is 0 Å². The summed E-state index contributed by atoms with van der Waals surface area (Å²) in [5.41, 5.74) is 0. The van der Waals surface area contributed by atoms with E-state index < -0.39 is 0 Å². The summed E-state index contributed by atoms with van der Waals surface area (Å²) < 4.78 is 0. The molecular formula is C17H29NO. The molecule has 2 heterocycles. The molecule has 0 aromatic heterocycles. The predicted molar refractivity (Wildman–Crippen MR) is 80.0 cm³/mol. The Labute approximate surface area is 118 Å². The fourth-order valence-corrected chi connectivity index (χ4v) is 3.57. The van der Waals surface area contributed by atoms with Crippen molar-refractivity contribution in [3.05, 3.63) is 12.2 Å². The number of allylic oxidation sites excluding steroid dienone is 1. The number of carbonyl (C=O) groups is 1. The monoisotopic (exact) mass is 263 g/mol. The number of hydrogen-bond acceptors (Lipinski definition) is 1. The average molecular weight is 263 g/mol. The minimum absolute atomic E-state index is 0.408. The van der Waals surface area contributed by atoms with Gasteiger partial charge in [-0.15, -0.1) is 0 Å². The number of nitrogens with zero attached hydrogens (tertiary/aromatic N) is 1. The maximum absolute atomic E-state index is 11.9. The second-order valence-corrected chi connectivity index (χ2v) is 6.13. The molecule has 2 aliphatic heterocycles. The van der Waals surface area contributed by atoms with Crippen LogP contribution in [0.1, 0.15) is 77.6 Å². The summed E-state index contributed by atoms with van der Waals surface area (Å²) in [5.74, 6) is 0.408. The Morgan fingerprint density at radius 2 is 2.05 bits per heavy atom. The van der Waals surface area contributed by atoms with E-state index in [2.05, 4.69) is 24.0 Å². The van der Waals surface area contributed by atoms with Crippen LogP contribution in [0.25, 0.3) is 0 Å². The number of amides is 1. The number of fused-ring (bicyclic) bond motifs is 1. The van der Waals surface area contributed by atoms with Gasteiger partial charge in [-0.1, -0.05) is 38.3 Å². The molecule has 19 heavy (non-hydrogen) atoms. The van der Waals surface area contributed by atoms with Crippen LogP contribution in [0.2, 0.25) is 0 Å². The quantitative estimate of drug-likeness (QED) is 0.491. The zero-order chi connectivity index (χ0) is 13.5. The van der Waals surface area contributed by atoms with E-state index in [1.54, 1.807) is 0 Å². The van der Waals surface area contributed by atoms with E-state index in [1.165, 1.54) is 51.4 Å². The first kappa shape index (κ1) is 14.6. The highest BCUT2D eigenvalue weighted by molar-refractivity contribution is 5.79. The molecule has 2 aliphatic rings. The third kappa shape index (κ3) is 4.09. The van der Waals surface area contributed by atoms with Crippen LogP contribution in [0.15, 0.2) is 12.2 Å². The molecule has 2 unspecified atom stereocenters. The van der Waals surface area contributed by atoms with Gasteiger partial charge in [0.1, 0.15) is 0 Å². The van der Waals surface area contributed by atoms with E-state index in [-0.39, 0.29) is 0 Å². The minimum Gasteiger partial charge on any atom is -0.336 e. The predicted octanol–water partition coefficient (Wildman–Crippen LogP) is 4.45. The first-order valence-corrected chi connectivity index (χ1v) is 8.29. The summed E-state index contributed by atoms with van der Waals surface area (Å²) in [5, 5.41) is 0. The standard InChI is InChI=1S/C17H29NO/c1-2-3-4-5-6-7-8-10-15-11-9-12-16-13-14-17(19)18(15)16/h7-8,15-16H,2-6,9-14H2,1H3/b8-7-. The molecule has 0 radical (unpaired) electrons. The third-order valence-electron chi connectivity index (χ3n) is 4.64. The molecule has 0 saturated carbocycles. The third-order valence-corrected chi connectivity index (χ3v) is 4.64. The summed E-state index contributed by atoms with van der Waals surface area (Å²) in [7, 11) is 0. The van der Waals surface area contributed by atoms with Gasteiger partial charge in [0.05, 0.1) is 0 Å². The number of carbonyl (C=O) groups excluding carboxylic acids is 1. The van der Waals surface area contributed by atoms with Crippen molar-refractivity contribution in [2.24, 2.45) is 0 Å². The summed E-state index contributed by atoms with van der Waals surface area (Å²) >= 11 is 0. The average Bonchev–Trinajstić information content (AvgIpc) is 2.80. The Hall–Kier alpha value is -0.790. The van der Waals surface area contributed by atoms with Gasteiger partial charge < -0.3 is 4.90 Å². The second kappa shape index (κ2) is 7.72. The molecule has 2 saturated heterocycles. The first-order valence-electron chi connectivity index (χ1n) is 8.29. The highest BCUT2D eigenvalue weighted by Crippen LogP contribution is 2.33. The number of unbranched alkanes of at least 4 members (excludes halogenated alkanes) is 4. The van der Waals surface area contributed by atoms with Crippen molar-refractivity contribution in [2.75, 3.05) is 0 Å². The first-order chi connectivity index (χ1) is 9.33. The molecule has 0 spiro atoms. The molecule has 2 fully saturated rings. The Balaban J connectivity index is 1.69. The van der Waals surface area contributed by atoms with Crippen LogP contribution in [-0.4, -0.2) is 22.9 Å². The van der Waals surface area contributed by atoms with Crippen molar-refractivity contribution >= 4 is 5.91 Å². The van der Waals surface area contributed by atoms with Gasteiger partial charge in [-0.05, 0) is 44.9 Å². The van der Waals surface area contributed by atoms with Gasteiger partial charge in [0.2, 0.25) is 5.91 Å². The molecule has 0 N–H and O–H groups in total. The number of hydrogen-bond donors (Lipinski definition) is 0. The normalized spacial score (nSPS) is 27.2. The molecule has 2 rings (SSSR count). The van der Waals surface area contributed by atoms with Crippen LogP contribution in [0.4, 0.5) is 0 Å². The van der Waals surface area contributed by atoms with Gasteiger partial charge in [0, 0.05) is 18.5 Å². The summed E-state index contributed by atoms with van der Waals surface area (Å²) in [6.07, 6.45) is 18.0. The Morgan fingerprint density at radius 1 is 1.16 bits per heavy atom. The molecule has 108 valence electrons. The molecule has 0 aromatic rings.